The SMILES string of the molecule is Cc1cc2nc[nH]c2cc1C.Fc1c(F)c(F)[c]([Al]([c]2c(F)c(F)c(F)c(F)c2F)[c]2c(F)c(F)c(F)c(F)c2F)c(F)c1F. The number of aromatic amines is 1. The summed E-state index contributed by atoms with van der Waals surface area (Å²) in [6.45, 7) is 4.21. The van der Waals surface area contributed by atoms with Crippen molar-refractivity contribution in [2.75, 3.05) is 0 Å². The predicted molar refractivity (Wildman–Crippen MR) is 129 cm³/mol. The molecule has 1 aromatic heterocycles. The molecule has 0 amide bonds. The van der Waals surface area contributed by atoms with Crippen LogP contribution in [0.4, 0.5) is 65.9 Å². The molecule has 0 fully saturated rings. The lowest BCUT2D eigenvalue weighted by atomic mass is 10.1. The van der Waals surface area contributed by atoms with E-state index in [-0.39, 0.29) is 0 Å². The highest BCUT2D eigenvalue weighted by molar-refractivity contribution is 6.95. The van der Waals surface area contributed by atoms with Gasteiger partial charge < -0.3 is 4.98 Å². The molecule has 0 atom stereocenters. The fourth-order valence-corrected chi connectivity index (χ4v) is 7.40. The Kier molecular flexibility index (Phi) is 9.23. The number of nitrogens with zero attached hydrogens (tertiary/aromatic N) is 1. The van der Waals surface area contributed by atoms with E-state index in [0.717, 1.165) is 11.0 Å². The topological polar surface area (TPSA) is 28.7 Å². The lowest BCUT2D eigenvalue weighted by Crippen LogP contribution is -2.60. The minimum absolute atomic E-state index is 1.05. The Morgan fingerprint density at radius 2 is 0.689 bits per heavy atom. The quantitative estimate of drug-likeness (QED) is 0.101. The van der Waals surface area contributed by atoms with Gasteiger partial charge in [0.25, 0.3) is 0 Å². The molecular formula is C27H10AlF15N2. The molecule has 0 saturated carbocycles. The van der Waals surface area contributed by atoms with Crippen LogP contribution >= 0.6 is 0 Å². The first-order valence-electron chi connectivity index (χ1n) is 11.9. The van der Waals surface area contributed by atoms with Gasteiger partial charge in [-0.3, -0.25) is 0 Å². The van der Waals surface area contributed by atoms with Crippen LogP contribution in [-0.2, 0) is 0 Å². The van der Waals surface area contributed by atoms with E-state index in [4.69, 9.17) is 0 Å². The van der Waals surface area contributed by atoms with Gasteiger partial charge in [-0.25, -0.2) is 70.8 Å². The molecule has 45 heavy (non-hydrogen) atoms. The van der Waals surface area contributed by atoms with Crippen LogP contribution in [0.5, 0.6) is 0 Å². The van der Waals surface area contributed by atoms with Gasteiger partial charge in [-0.05, 0) is 50.4 Å². The highest BCUT2D eigenvalue weighted by Crippen LogP contribution is 2.23. The van der Waals surface area contributed by atoms with E-state index in [1.54, 1.807) is 6.33 Å². The summed E-state index contributed by atoms with van der Waals surface area (Å²) in [5.74, 6) is -44.6. The van der Waals surface area contributed by atoms with Crippen LogP contribution < -0.4 is 13.3 Å². The number of rotatable bonds is 3. The third-order valence-electron chi connectivity index (χ3n) is 6.63. The Morgan fingerprint density at radius 3 is 1.00 bits per heavy atom. The van der Waals surface area contributed by atoms with E-state index < -0.39 is 115 Å². The summed E-state index contributed by atoms with van der Waals surface area (Å²) in [7, 11) is 0. The number of H-pyrrole nitrogens is 1. The Bertz CT molecular complexity index is 1720. The molecule has 4 aromatic carbocycles. The van der Waals surface area contributed by atoms with Crippen LogP contribution in [0.15, 0.2) is 18.5 Å². The summed E-state index contributed by atoms with van der Waals surface area (Å²) in [6, 6.07) is 4.22. The molecule has 2 nitrogen and oxygen atoms in total. The standard InChI is InChI=1S/C9H10N2.3C6F5.Al/c1-6-3-8-9(4-7(6)2)11-5-10-8;3*7-2-1-3(8)5(10)6(11)4(2)9;/h3-5H,1-2H3,(H,10,11);;;;. The van der Waals surface area contributed by atoms with Crippen LogP contribution in [0.2, 0.25) is 0 Å². The molecule has 0 aliphatic rings. The third-order valence-corrected chi connectivity index (χ3v) is 9.89. The molecule has 1 N–H and O–H groups in total. The second-order valence-corrected chi connectivity index (χ2v) is 11.8. The number of nitrogens with one attached hydrogen (secondary N) is 1. The molecule has 0 aliphatic carbocycles. The number of halogens is 15. The fourth-order valence-electron chi connectivity index (χ4n) is 4.25. The van der Waals surface area contributed by atoms with Gasteiger partial charge >= 0.3 is 14.1 Å². The highest BCUT2D eigenvalue weighted by atomic mass is 27.2. The van der Waals surface area contributed by atoms with E-state index in [2.05, 4.69) is 35.9 Å². The molecule has 1 heterocycles. The molecular weight excluding hydrogens is 664 g/mol. The van der Waals surface area contributed by atoms with Crippen molar-refractivity contribution in [1.82, 2.24) is 9.97 Å². The maximum absolute atomic E-state index is 14.4. The number of aromatic nitrogens is 2. The lowest BCUT2D eigenvalue weighted by molar-refractivity contribution is 0.380. The van der Waals surface area contributed by atoms with Crippen LogP contribution in [0.3, 0.4) is 0 Å². The summed E-state index contributed by atoms with van der Waals surface area (Å²) in [5.41, 5.74) is 4.77. The maximum Gasteiger partial charge on any atom is 0.413 e. The van der Waals surface area contributed by atoms with Gasteiger partial charge in [-0.1, -0.05) is 0 Å². The van der Waals surface area contributed by atoms with E-state index in [1.165, 1.54) is 11.1 Å². The molecule has 5 aromatic rings. The number of imidazole rings is 1. The van der Waals surface area contributed by atoms with Gasteiger partial charge in [0, 0.05) is 0 Å². The largest absolute Gasteiger partial charge is 0.413 e. The van der Waals surface area contributed by atoms with Gasteiger partial charge in [-0.2, -0.15) is 0 Å². The van der Waals surface area contributed by atoms with Crippen molar-refractivity contribution in [1.29, 1.82) is 0 Å². The van der Waals surface area contributed by atoms with Gasteiger partial charge in [0.2, 0.25) is 0 Å². The number of aryl methyl sites for hydroxylation is 2. The Labute approximate surface area is 245 Å². The third kappa shape index (κ3) is 5.50. The molecule has 5 rings (SSSR count). The van der Waals surface area contributed by atoms with Crippen molar-refractivity contribution in [3.05, 3.63) is 117 Å². The first kappa shape index (κ1) is 33.7. The van der Waals surface area contributed by atoms with Gasteiger partial charge in [-0.15, -0.1) is 0 Å². The number of hydrogen-bond donors (Lipinski definition) is 1. The zero-order valence-corrected chi connectivity index (χ0v) is 23.1. The molecule has 0 bridgehead atoms. The average Bonchev–Trinajstić information content (AvgIpc) is 3.46. The molecule has 0 aliphatic heterocycles. The van der Waals surface area contributed by atoms with E-state index in [1.807, 2.05) is 0 Å². The number of fused-ring (bicyclic) bond motifs is 1. The smallest absolute Gasteiger partial charge is 0.345 e. The van der Waals surface area contributed by atoms with E-state index in [9.17, 15) is 65.9 Å². The molecule has 0 spiro atoms. The average molecular weight is 674 g/mol. The molecule has 236 valence electrons. The van der Waals surface area contributed by atoms with Crippen molar-refractivity contribution in [2.45, 2.75) is 13.8 Å². The van der Waals surface area contributed by atoms with Crippen molar-refractivity contribution in [3.8, 4) is 0 Å². The van der Waals surface area contributed by atoms with Crippen molar-refractivity contribution >= 4 is 38.5 Å². The zero-order chi connectivity index (χ0) is 33.8. The van der Waals surface area contributed by atoms with Gasteiger partial charge in [0.1, 0.15) is 0 Å². The zero-order valence-electron chi connectivity index (χ0n) is 21.9. The number of benzene rings is 4. The van der Waals surface area contributed by atoms with Crippen molar-refractivity contribution < 1.29 is 65.9 Å². The Morgan fingerprint density at radius 1 is 0.422 bits per heavy atom. The first-order valence-corrected chi connectivity index (χ1v) is 13.6. The summed E-state index contributed by atoms with van der Waals surface area (Å²) >= 11 is -5.96. The van der Waals surface area contributed by atoms with E-state index in [0.29, 0.717) is 0 Å². The summed E-state index contributed by atoms with van der Waals surface area (Å²) in [6.07, 6.45) is 1.73. The van der Waals surface area contributed by atoms with Crippen LogP contribution in [0.1, 0.15) is 11.1 Å². The second kappa shape index (κ2) is 12.3. The predicted octanol–water partition coefficient (Wildman–Crippen LogP) is 6.47. The second-order valence-electron chi connectivity index (χ2n) is 9.24. The summed E-state index contributed by atoms with van der Waals surface area (Å²) < 4.78 is 201. The molecule has 18 heteroatoms. The lowest BCUT2D eigenvalue weighted by Gasteiger charge is -2.20. The van der Waals surface area contributed by atoms with Crippen molar-refractivity contribution in [3.63, 3.8) is 0 Å². The Hall–Kier alpha value is -4.17. The van der Waals surface area contributed by atoms with Crippen LogP contribution in [-0.4, -0.2) is 24.1 Å². The number of hydrogen-bond acceptors (Lipinski definition) is 1. The van der Waals surface area contributed by atoms with Gasteiger partial charge in [0.15, 0.2) is 87.3 Å². The van der Waals surface area contributed by atoms with Gasteiger partial charge in [0.05, 0.1) is 17.4 Å². The molecule has 0 unspecified atom stereocenters. The first-order chi connectivity index (χ1) is 20.9. The minimum atomic E-state index is -5.96. The Balaban J connectivity index is 0.000000348. The normalized spacial score (nSPS) is 11.2. The maximum atomic E-state index is 14.4. The van der Waals surface area contributed by atoms with Crippen molar-refractivity contribution in [2.24, 2.45) is 0 Å². The summed E-state index contributed by atoms with van der Waals surface area (Å²) in [4.78, 5) is 7.24. The monoisotopic (exact) mass is 674 g/mol. The van der Waals surface area contributed by atoms with E-state index >= 15 is 0 Å². The highest BCUT2D eigenvalue weighted by Gasteiger charge is 2.47. The fraction of sp³-hybridized carbons (Fsp3) is 0.0741. The minimum Gasteiger partial charge on any atom is -0.345 e. The van der Waals surface area contributed by atoms with Crippen LogP contribution in [0.25, 0.3) is 11.0 Å². The van der Waals surface area contributed by atoms with Crippen LogP contribution in [0, 0.1) is 101 Å². The molecule has 0 radical (unpaired) electrons. The molecule has 0 saturated heterocycles. The summed E-state index contributed by atoms with van der Waals surface area (Å²) in [5, 5.41) is 0.